The minimum atomic E-state index is -0.401. The molecule has 0 aromatic heterocycles. The Morgan fingerprint density at radius 3 is 2.20 bits per heavy atom. The van der Waals surface area contributed by atoms with Crippen molar-refractivity contribution in [1.82, 2.24) is 0 Å². The van der Waals surface area contributed by atoms with Gasteiger partial charge < -0.3 is 9.47 Å². The molecule has 0 heterocycles. The molecule has 1 aliphatic carbocycles. The molecule has 0 bridgehead atoms. The van der Waals surface area contributed by atoms with Crippen LogP contribution in [0.3, 0.4) is 0 Å². The molecule has 1 fully saturated rings. The molecular weight excluding hydrogens is 336 g/mol. The summed E-state index contributed by atoms with van der Waals surface area (Å²) in [5.41, 5.74) is 3.02. The number of hydrogen-bond acceptors (Lipinski definition) is 3. The topological polar surface area (TPSA) is 35.5 Å². The maximum atomic E-state index is 11.1. The van der Waals surface area contributed by atoms with E-state index in [1.54, 1.807) is 7.11 Å². The van der Waals surface area contributed by atoms with Crippen molar-refractivity contribution < 1.29 is 14.3 Å². The third-order valence-corrected chi connectivity index (χ3v) is 5.15. The standard InChI is InChI=1S/C21H23ClO3/c1-24-19-10-2-15(3-11-19)14-25-20-12-8-17(9-13-20)16-4-6-18(7-5-16)21(22)23/h2-7,10-11,17,20H,8-9,12-14H2,1H3. The third kappa shape index (κ3) is 4.83. The predicted octanol–water partition coefficient (Wildman–Crippen LogP) is 5.32. The second-order valence-corrected chi connectivity index (χ2v) is 6.87. The second-order valence-electron chi connectivity index (χ2n) is 6.53. The number of carbonyl (C=O) groups is 1. The smallest absolute Gasteiger partial charge is 0.252 e. The van der Waals surface area contributed by atoms with Crippen molar-refractivity contribution in [1.29, 1.82) is 0 Å². The van der Waals surface area contributed by atoms with Gasteiger partial charge in [0.25, 0.3) is 5.24 Å². The summed E-state index contributed by atoms with van der Waals surface area (Å²) in [5, 5.41) is -0.401. The van der Waals surface area contributed by atoms with Gasteiger partial charge in [0.2, 0.25) is 0 Å². The lowest BCUT2D eigenvalue weighted by Gasteiger charge is -2.29. The minimum Gasteiger partial charge on any atom is -0.497 e. The highest BCUT2D eigenvalue weighted by atomic mass is 35.5. The average Bonchev–Trinajstić information content (AvgIpc) is 2.67. The van der Waals surface area contributed by atoms with E-state index in [1.807, 2.05) is 48.5 Å². The lowest BCUT2D eigenvalue weighted by molar-refractivity contribution is 0.0133. The van der Waals surface area contributed by atoms with Gasteiger partial charge in [0.1, 0.15) is 5.75 Å². The van der Waals surface area contributed by atoms with E-state index in [9.17, 15) is 4.79 Å². The Bertz CT molecular complexity index is 686. The van der Waals surface area contributed by atoms with Gasteiger partial charge in [-0.05, 0) is 78.6 Å². The molecule has 0 amide bonds. The first-order valence-electron chi connectivity index (χ1n) is 8.70. The quantitative estimate of drug-likeness (QED) is 0.656. The fourth-order valence-corrected chi connectivity index (χ4v) is 3.51. The van der Waals surface area contributed by atoms with Gasteiger partial charge in [0.05, 0.1) is 19.8 Å². The highest BCUT2D eigenvalue weighted by molar-refractivity contribution is 6.67. The molecule has 1 saturated carbocycles. The van der Waals surface area contributed by atoms with Crippen LogP contribution in [-0.4, -0.2) is 18.5 Å². The molecule has 25 heavy (non-hydrogen) atoms. The van der Waals surface area contributed by atoms with Crippen LogP contribution in [0.2, 0.25) is 0 Å². The van der Waals surface area contributed by atoms with Crippen molar-refractivity contribution >= 4 is 16.8 Å². The summed E-state index contributed by atoms with van der Waals surface area (Å²) in [6, 6.07) is 15.7. The van der Waals surface area contributed by atoms with Crippen LogP contribution >= 0.6 is 11.6 Å². The van der Waals surface area contributed by atoms with Crippen LogP contribution in [0, 0.1) is 0 Å². The molecule has 1 aliphatic rings. The number of benzene rings is 2. The molecule has 0 spiro atoms. The Hall–Kier alpha value is -1.84. The Labute approximate surface area is 153 Å². The first-order chi connectivity index (χ1) is 12.2. The molecule has 4 heteroatoms. The number of carbonyl (C=O) groups excluding carboxylic acids is 1. The van der Waals surface area contributed by atoms with E-state index >= 15 is 0 Å². The van der Waals surface area contributed by atoms with Gasteiger partial charge in [0, 0.05) is 5.56 Å². The molecule has 0 aliphatic heterocycles. The Balaban J connectivity index is 1.47. The normalized spacial score (nSPS) is 20.2. The van der Waals surface area contributed by atoms with Crippen molar-refractivity contribution in [2.75, 3.05) is 7.11 Å². The lowest BCUT2D eigenvalue weighted by Crippen LogP contribution is -2.20. The average molecular weight is 359 g/mol. The first-order valence-corrected chi connectivity index (χ1v) is 9.08. The van der Waals surface area contributed by atoms with Gasteiger partial charge in [-0.25, -0.2) is 0 Å². The van der Waals surface area contributed by atoms with Gasteiger partial charge in [-0.1, -0.05) is 24.3 Å². The summed E-state index contributed by atoms with van der Waals surface area (Å²) >= 11 is 5.50. The van der Waals surface area contributed by atoms with Crippen LogP contribution in [0.1, 0.15) is 53.1 Å². The van der Waals surface area contributed by atoms with Crippen molar-refractivity contribution in [3.8, 4) is 5.75 Å². The Morgan fingerprint density at radius 2 is 1.64 bits per heavy atom. The van der Waals surface area contributed by atoms with Crippen molar-refractivity contribution in [2.24, 2.45) is 0 Å². The fourth-order valence-electron chi connectivity index (χ4n) is 3.38. The summed E-state index contributed by atoms with van der Waals surface area (Å²) in [5.74, 6) is 1.41. The van der Waals surface area contributed by atoms with E-state index in [2.05, 4.69) is 0 Å². The predicted molar refractivity (Wildman–Crippen MR) is 99.4 cm³/mol. The van der Waals surface area contributed by atoms with Gasteiger partial charge in [-0.2, -0.15) is 0 Å². The van der Waals surface area contributed by atoms with Gasteiger partial charge in [-0.15, -0.1) is 0 Å². The highest BCUT2D eigenvalue weighted by Crippen LogP contribution is 2.34. The molecule has 3 nitrogen and oxygen atoms in total. The Kier molecular flexibility index (Phi) is 6.11. The number of rotatable bonds is 6. The summed E-state index contributed by atoms with van der Waals surface area (Å²) in [7, 11) is 1.67. The summed E-state index contributed by atoms with van der Waals surface area (Å²) in [4.78, 5) is 11.1. The van der Waals surface area contributed by atoms with Crippen LogP contribution in [-0.2, 0) is 11.3 Å². The third-order valence-electron chi connectivity index (χ3n) is 4.93. The summed E-state index contributed by atoms with van der Waals surface area (Å²) < 4.78 is 11.2. The van der Waals surface area contributed by atoms with Crippen LogP contribution in [0.4, 0.5) is 0 Å². The molecule has 2 aromatic carbocycles. The lowest BCUT2D eigenvalue weighted by atomic mass is 9.82. The van der Waals surface area contributed by atoms with E-state index in [1.165, 1.54) is 11.1 Å². The molecule has 132 valence electrons. The highest BCUT2D eigenvalue weighted by Gasteiger charge is 2.23. The summed E-state index contributed by atoms with van der Waals surface area (Å²) in [6.07, 6.45) is 4.68. The van der Waals surface area contributed by atoms with Crippen LogP contribution in [0.5, 0.6) is 5.75 Å². The van der Waals surface area contributed by atoms with Gasteiger partial charge in [0.15, 0.2) is 0 Å². The Morgan fingerprint density at radius 1 is 1.00 bits per heavy atom. The maximum absolute atomic E-state index is 11.1. The van der Waals surface area contributed by atoms with Crippen molar-refractivity contribution in [3.63, 3.8) is 0 Å². The van der Waals surface area contributed by atoms with Crippen LogP contribution < -0.4 is 4.74 Å². The molecular formula is C21H23ClO3. The van der Waals surface area contributed by atoms with E-state index in [0.29, 0.717) is 24.2 Å². The van der Waals surface area contributed by atoms with E-state index in [-0.39, 0.29) is 0 Å². The number of ether oxygens (including phenoxy) is 2. The zero-order valence-electron chi connectivity index (χ0n) is 14.4. The van der Waals surface area contributed by atoms with Crippen LogP contribution in [0.15, 0.2) is 48.5 Å². The number of methoxy groups -OCH3 is 1. The monoisotopic (exact) mass is 358 g/mol. The molecule has 0 unspecified atom stereocenters. The van der Waals surface area contributed by atoms with Gasteiger partial charge in [-0.3, -0.25) is 4.79 Å². The maximum Gasteiger partial charge on any atom is 0.252 e. The zero-order chi connectivity index (χ0) is 17.6. The fraction of sp³-hybridized carbons (Fsp3) is 0.381. The number of halogens is 1. The first kappa shape index (κ1) is 18.0. The molecule has 0 radical (unpaired) electrons. The molecule has 2 aromatic rings. The number of hydrogen-bond donors (Lipinski definition) is 0. The second kappa shape index (κ2) is 8.50. The largest absolute Gasteiger partial charge is 0.497 e. The van der Waals surface area contributed by atoms with Crippen molar-refractivity contribution in [3.05, 3.63) is 65.2 Å². The molecule has 0 saturated heterocycles. The zero-order valence-corrected chi connectivity index (χ0v) is 15.2. The SMILES string of the molecule is COc1ccc(COC2CCC(c3ccc(C(=O)Cl)cc3)CC2)cc1. The van der Waals surface area contributed by atoms with Gasteiger partial charge >= 0.3 is 0 Å². The van der Waals surface area contributed by atoms with E-state index < -0.39 is 5.24 Å². The van der Waals surface area contributed by atoms with E-state index in [4.69, 9.17) is 21.1 Å². The molecule has 3 rings (SSSR count). The summed E-state index contributed by atoms with van der Waals surface area (Å²) in [6.45, 7) is 0.645. The van der Waals surface area contributed by atoms with Crippen molar-refractivity contribution in [2.45, 2.75) is 44.3 Å². The molecule has 0 N–H and O–H groups in total. The molecule has 0 atom stereocenters. The van der Waals surface area contributed by atoms with Crippen LogP contribution in [0.25, 0.3) is 0 Å². The minimum absolute atomic E-state index is 0.321. The van der Waals surface area contributed by atoms with E-state index in [0.717, 1.165) is 31.4 Å².